The minimum Gasteiger partial charge on any atom is -0.490 e. The number of aliphatic hydroxyl groups excluding tert-OH is 1. The summed E-state index contributed by atoms with van der Waals surface area (Å²) >= 11 is 0. The molecule has 1 fully saturated rings. The van der Waals surface area contributed by atoms with Crippen LogP contribution in [0, 0.1) is 11.7 Å². The molecular weight excluding hydrogens is 223 g/mol. The highest BCUT2D eigenvalue weighted by atomic mass is 19.1. The van der Waals surface area contributed by atoms with E-state index in [0.29, 0.717) is 18.1 Å². The van der Waals surface area contributed by atoms with E-state index in [1.807, 2.05) is 0 Å². The molecule has 0 radical (unpaired) electrons. The Hall–Kier alpha value is -1.13. The van der Waals surface area contributed by atoms with Crippen LogP contribution in [0.3, 0.4) is 0 Å². The number of hydrogen-bond acceptors (Lipinski definition) is 3. The van der Waals surface area contributed by atoms with Crippen molar-refractivity contribution < 1.29 is 19.0 Å². The Kier molecular flexibility index (Phi) is 4.34. The summed E-state index contributed by atoms with van der Waals surface area (Å²) in [5, 5.41) is 8.87. The maximum absolute atomic E-state index is 13.5. The lowest BCUT2D eigenvalue weighted by Crippen LogP contribution is -2.21. The van der Waals surface area contributed by atoms with Gasteiger partial charge in [-0.05, 0) is 36.5 Å². The van der Waals surface area contributed by atoms with Gasteiger partial charge in [-0.3, -0.25) is 0 Å². The first-order valence-corrected chi connectivity index (χ1v) is 5.89. The Labute approximate surface area is 100 Å². The zero-order valence-electron chi connectivity index (χ0n) is 9.69. The van der Waals surface area contributed by atoms with Crippen molar-refractivity contribution in [3.05, 3.63) is 29.6 Å². The highest BCUT2D eigenvalue weighted by Crippen LogP contribution is 2.21. The summed E-state index contributed by atoms with van der Waals surface area (Å²) in [4.78, 5) is 0. The normalized spacial score (nSPS) is 17.1. The summed E-state index contributed by atoms with van der Waals surface area (Å²) < 4.78 is 24.2. The van der Waals surface area contributed by atoms with Crippen LogP contribution in [0.1, 0.15) is 18.4 Å². The molecule has 0 aliphatic carbocycles. The van der Waals surface area contributed by atoms with E-state index in [4.69, 9.17) is 14.6 Å². The highest BCUT2D eigenvalue weighted by molar-refractivity contribution is 5.28. The highest BCUT2D eigenvalue weighted by Gasteiger charge is 2.15. The van der Waals surface area contributed by atoms with Crippen molar-refractivity contribution in [2.24, 2.45) is 5.92 Å². The van der Waals surface area contributed by atoms with Crippen LogP contribution in [0.4, 0.5) is 4.39 Å². The Bertz CT molecular complexity index is 362. The van der Waals surface area contributed by atoms with Gasteiger partial charge in [0.1, 0.15) is 0 Å². The smallest absolute Gasteiger partial charge is 0.165 e. The van der Waals surface area contributed by atoms with Crippen molar-refractivity contribution in [2.45, 2.75) is 19.4 Å². The van der Waals surface area contributed by atoms with Gasteiger partial charge in [-0.25, -0.2) is 4.39 Å². The number of aliphatic hydroxyl groups is 1. The fourth-order valence-electron chi connectivity index (χ4n) is 1.88. The van der Waals surface area contributed by atoms with Crippen molar-refractivity contribution in [1.82, 2.24) is 0 Å². The van der Waals surface area contributed by atoms with E-state index in [9.17, 15) is 4.39 Å². The molecule has 1 heterocycles. The molecule has 0 aromatic heterocycles. The Morgan fingerprint density at radius 3 is 2.76 bits per heavy atom. The molecule has 1 N–H and O–H groups in total. The van der Waals surface area contributed by atoms with Crippen LogP contribution in [-0.2, 0) is 11.3 Å². The molecule has 1 aromatic rings. The fourth-order valence-corrected chi connectivity index (χ4v) is 1.88. The lowest BCUT2D eigenvalue weighted by atomic mass is 10.0. The summed E-state index contributed by atoms with van der Waals surface area (Å²) in [6.45, 7) is 1.90. The van der Waals surface area contributed by atoms with E-state index < -0.39 is 5.82 Å². The van der Waals surface area contributed by atoms with Crippen LogP contribution in [-0.4, -0.2) is 24.9 Å². The van der Waals surface area contributed by atoms with Crippen molar-refractivity contribution in [3.63, 3.8) is 0 Å². The molecule has 1 saturated heterocycles. The third-order valence-corrected chi connectivity index (χ3v) is 2.99. The van der Waals surface area contributed by atoms with E-state index in [1.54, 1.807) is 12.1 Å². The largest absolute Gasteiger partial charge is 0.490 e. The first kappa shape index (κ1) is 12.3. The molecule has 0 bridgehead atoms. The van der Waals surface area contributed by atoms with E-state index in [2.05, 4.69) is 0 Å². The van der Waals surface area contributed by atoms with Gasteiger partial charge in [-0.15, -0.1) is 0 Å². The summed E-state index contributed by atoms with van der Waals surface area (Å²) in [5.74, 6) is 0.290. The molecule has 4 heteroatoms. The number of ether oxygens (including phenoxy) is 2. The van der Waals surface area contributed by atoms with Gasteiger partial charge < -0.3 is 14.6 Å². The third kappa shape index (κ3) is 3.41. The van der Waals surface area contributed by atoms with Gasteiger partial charge in [-0.1, -0.05) is 6.07 Å². The van der Waals surface area contributed by atoms with Crippen LogP contribution in [0.5, 0.6) is 5.75 Å². The fraction of sp³-hybridized carbons (Fsp3) is 0.538. The topological polar surface area (TPSA) is 38.7 Å². The van der Waals surface area contributed by atoms with Crippen LogP contribution >= 0.6 is 0 Å². The predicted octanol–water partition coefficient (Wildman–Crippen LogP) is 2.12. The lowest BCUT2D eigenvalue weighted by Gasteiger charge is -2.22. The Morgan fingerprint density at radius 2 is 2.12 bits per heavy atom. The Morgan fingerprint density at radius 1 is 1.35 bits per heavy atom. The summed E-state index contributed by atoms with van der Waals surface area (Å²) in [6.07, 6.45) is 1.94. The molecule has 3 nitrogen and oxygen atoms in total. The van der Waals surface area contributed by atoms with Gasteiger partial charge in [0.05, 0.1) is 13.2 Å². The molecular formula is C13H17FO3. The van der Waals surface area contributed by atoms with Crippen LogP contribution in [0.15, 0.2) is 18.2 Å². The van der Waals surface area contributed by atoms with Gasteiger partial charge in [0, 0.05) is 13.2 Å². The van der Waals surface area contributed by atoms with E-state index in [0.717, 1.165) is 26.1 Å². The first-order valence-electron chi connectivity index (χ1n) is 5.89. The minimum atomic E-state index is -0.413. The average molecular weight is 240 g/mol. The molecule has 17 heavy (non-hydrogen) atoms. The van der Waals surface area contributed by atoms with Crippen LogP contribution < -0.4 is 4.74 Å². The Balaban J connectivity index is 1.89. The molecule has 1 aliphatic rings. The summed E-state index contributed by atoms with van der Waals surface area (Å²) in [6, 6.07) is 4.54. The van der Waals surface area contributed by atoms with Gasteiger partial charge in [0.2, 0.25) is 0 Å². The maximum Gasteiger partial charge on any atom is 0.165 e. The molecule has 0 atom stereocenters. The van der Waals surface area contributed by atoms with Gasteiger partial charge >= 0.3 is 0 Å². The first-order chi connectivity index (χ1) is 8.29. The second kappa shape index (κ2) is 5.98. The molecule has 0 unspecified atom stereocenters. The number of benzene rings is 1. The third-order valence-electron chi connectivity index (χ3n) is 2.99. The van der Waals surface area contributed by atoms with Gasteiger partial charge in [0.15, 0.2) is 11.6 Å². The summed E-state index contributed by atoms with van der Waals surface area (Å²) in [5.41, 5.74) is 0.556. The number of hydrogen-bond donors (Lipinski definition) is 1. The quantitative estimate of drug-likeness (QED) is 0.876. The molecule has 0 amide bonds. The molecule has 1 aromatic carbocycles. The molecule has 0 saturated carbocycles. The summed E-state index contributed by atoms with van der Waals surface area (Å²) in [7, 11) is 0. The second-order valence-corrected chi connectivity index (χ2v) is 4.29. The molecule has 94 valence electrons. The van der Waals surface area contributed by atoms with E-state index in [-0.39, 0.29) is 12.4 Å². The lowest BCUT2D eigenvalue weighted by molar-refractivity contribution is 0.0491. The van der Waals surface area contributed by atoms with Crippen molar-refractivity contribution in [1.29, 1.82) is 0 Å². The van der Waals surface area contributed by atoms with Crippen LogP contribution in [0.2, 0.25) is 0 Å². The monoisotopic (exact) mass is 240 g/mol. The van der Waals surface area contributed by atoms with Crippen molar-refractivity contribution in [2.75, 3.05) is 19.8 Å². The van der Waals surface area contributed by atoms with Crippen molar-refractivity contribution in [3.8, 4) is 5.75 Å². The maximum atomic E-state index is 13.5. The van der Waals surface area contributed by atoms with Crippen molar-refractivity contribution >= 4 is 0 Å². The molecule has 1 aliphatic heterocycles. The zero-order chi connectivity index (χ0) is 12.1. The number of rotatable bonds is 4. The van der Waals surface area contributed by atoms with E-state index >= 15 is 0 Å². The predicted molar refractivity (Wildman–Crippen MR) is 61.4 cm³/mol. The molecule has 2 rings (SSSR count). The SMILES string of the molecule is OCc1ccc(OCC2CCOCC2)c(F)c1. The number of halogens is 1. The average Bonchev–Trinajstić information content (AvgIpc) is 2.38. The van der Waals surface area contributed by atoms with E-state index in [1.165, 1.54) is 6.07 Å². The second-order valence-electron chi connectivity index (χ2n) is 4.29. The standard InChI is InChI=1S/C13H17FO3/c14-12-7-11(8-15)1-2-13(12)17-9-10-3-5-16-6-4-10/h1-2,7,10,15H,3-6,8-9H2. The van der Waals surface area contributed by atoms with Gasteiger partial charge in [0.25, 0.3) is 0 Å². The van der Waals surface area contributed by atoms with Crippen LogP contribution in [0.25, 0.3) is 0 Å². The zero-order valence-corrected chi connectivity index (χ0v) is 9.69. The van der Waals surface area contributed by atoms with Gasteiger partial charge in [-0.2, -0.15) is 0 Å². The minimum absolute atomic E-state index is 0.156. The molecule has 0 spiro atoms.